The maximum atomic E-state index is 10.2. The molecule has 0 fully saturated rings. The van der Waals surface area contributed by atoms with Crippen LogP contribution < -0.4 is 5.73 Å². The van der Waals surface area contributed by atoms with Crippen molar-refractivity contribution in [1.82, 2.24) is 9.59 Å². The number of halogens is 1. The number of aromatic carboxylic acids is 1. The summed E-state index contributed by atoms with van der Waals surface area (Å²) >= 11 is 6.56. The van der Waals surface area contributed by atoms with Gasteiger partial charge in [-0.3, -0.25) is 0 Å². The second-order valence-electron chi connectivity index (χ2n) is 3.49. The van der Waals surface area contributed by atoms with Crippen LogP contribution in [0.4, 0.5) is 5.69 Å². The summed E-state index contributed by atoms with van der Waals surface area (Å²) in [5, 5.41) is 12.6. The minimum atomic E-state index is -0.956. The molecule has 1 aromatic carbocycles. The van der Waals surface area contributed by atoms with Crippen molar-refractivity contribution in [2.24, 2.45) is 0 Å². The Kier molecular flexibility index (Phi) is 5.06. The smallest absolute Gasteiger partial charge is 0.349 e. The van der Waals surface area contributed by atoms with E-state index in [-0.39, 0.29) is 4.88 Å². The Bertz CT molecular complexity index is 557. The SMILES string of the molecule is Cc1cc(Cl)ccc1N.Cc1nnsc1C(=O)O. The van der Waals surface area contributed by atoms with Gasteiger partial charge in [0.2, 0.25) is 0 Å². The Labute approximate surface area is 113 Å². The van der Waals surface area contributed by atoms with Crippen LogP contribution in [0.15, 0.2) is 18.2 Å². The number of carboxylic acid groups (broad SMARTS) is 1. The number of hydrogen-bond acceptors (Lipinski definition) is 5. The van der Waals surface area contributed by atoms with Crippen molar-refractivity contribution in [3.05, 3.63) is 39.4 Å². The summed E-state index contributed by atoms with van der Waals surface area (Å²) in [6.45, 7) is 3.55. The quantitative estimate of drug-likeness (QED) is 0.787. The van der Waals surface area contributed by atoms with Crippen LogP contribution in [-0.2, 0) is 0 Å². The van der Waals surface area contributed by atoms with Crippen LogP contribution in [0.5, 0.6) is 0 Å². The van der Waals surface area contributed by atoms with E-state index in [0.29, 0.717) is 5.69 Å². The molecule has 1 aromatic heterocycles. The molecule has 0 radical (unpaired) electrons. The van der Waals surface area contributed by atoms with E-state index in [4.69, 9.17) is 22.4 Å². The lowest BCUT2D eigenvalue weighted by Gasteiger charge is -1.97. The fourth-order valence-electron chi connectivity index (χ4n) is 1.07. The number of nitrogens with zero attached hydrogens (tertiary/aromatic N) is 2. The molecule has 3 N–H and O–H groups in total. The van der Waals surface area contributed by atoms with Gasteiger partial charge in [-0.25, -0.2) is 4.79 Å². The zero-order valence-corrected chi connectivity index (χ0v) is 11.4. The molecule has 0 saturated carbocycles. The summed E-state index contributed by atoms with van der Waals surface area (Å²) in [5.41, 5.74) is 7.83. The number of rotatable bonds is 1. The summed E-state index contributed by atoms with van der Waals surface area (Å²) in [7, 11) is 0. The van der Waals surface area contributed by atoms with Gasteiger partial charge < -0.3 is 10.8 Å². The summed E-state index contributed by atoms with van der Waals surface area (Å²) in [6, 6.07) is 5.43. The molecule has 18 heavy (non-hydrogen) atoms. The average molecular weight is 286 g/mol. The van der Waals surface area contributed by atoms with Crippen molar-refractivity contribution >= 4 is 34.8 Å². The summed E-state index contributed by atoms with van der Waals surface area (Å²) in [4.78, 5) is 10.4. The highest BCUT2D eigenvalue weighted by Gasteiger charge is 2.09. The third-order valence-electron chi connectivity index (χ3n) is 2.08. The van der Waals surface area contributed by atoms with Crippen LogP contribution in [0, 0.1) is 13.8 Å². The Balaban J connectivity index is 0.000000180. The molecule has 0 atom stereocenters. The topological polar surface area (TPSA) is 89.1 Å². The lowest BCUT2D eigenvalue weighted by molar-refractivity contribution is 0.0701. The van der Waals surface area contributed by atoms with Gasteiger partial charge >= 0.3 is 5.97 Å². The Morgan fingerprint density at radius 2 is 2.11 bits per heavy atom. The van der Waals surface area contributed by atoms with E-state index >= 15 is 0 Å². The van der Waals surface area contributed by atoms with Crippen molar-refractivity contribution in [1.29, 1.82) is 0 Å². The number of carboxylic acids is 1. The molecule has 1 heterocycles. The minimum absolute atomic E-state index is 0.218. The lowest BCUT2D eigenvalue weighted by Crippen LogP contribution is -1.94. The van der Waals surface area contributed by atoms with Crippen LogP contribution in [-0.4, -0.2) is 20.7 Å². The first kappa shape index (κ1) is 14.4. The predicted octanol–water partition coefficient (Wildman–Crippen LogP) is 2.78. The number of aromatic nitrogens is 2. The van der Waals surface area contributed by atoms with E-state index in [1.54, 1.807) is 19.1 Å². The third-order valence-corrected chi connectivity index (χ3v) is 3.13. The molecule has 5 nitrogen and oxygen atoms in total. The Hall–Kier alpha value is -1.66. The van der Waals surface area contributed by atoms with E-state index in [1.165, 1.54) is 0 Å². The number of nitrogen functional groups attached to an aromatic ring is 1. The largest absolute Gasteiger partial charge is 0.477 e. The van der Waals surface area contributed by atoms with Gasteiger partial charge in [0, 0.05) is 10.7 Å². The van der Waals surface area contributed by atoms with Crippen LogP contribution in [0.25, 0.3) is 0 Å². The van der Waals surface area contributed by atoms with Crippen LogP contribution >= 0.6 is 23.1 Å². The maximum absolute atomic E-state index is 10.2. The minimum Gasteiger partial charge on any atom is -0.477 e. The molecule has 0 bridgehead atoms. The van der Waals surface area contributed by atoms with Gasteiger partial charge in [0.25, 0.3) is 0 Å². The van der Waals surface area contributed by atoms with Crippen molar-refractivity contribution in [3.63, 3.8) is 0 Å². The number of aryl methyl sites for hydroxylation is 2. The van der Waals surface area contributed by atoms with E-state index in [2.05, 4.69) is 9.59 Å². The van der Waals surface area contributed by atoms with Crippen molar-refractivity contribution in [3.8, 4) is 0 Å². The van der Waals surface area contributed by atoms with Crippen molar-refractivity contribution in [2.75, 3.05) is 5.73 Å². The molecule has 2 aromatic rings. The zero-order valence-electron chi connectivity index (χ0n) is 9.85. The van der Waals surface area contributed by atoms with Gasteiger partial charge in [0.1, 0.15) is 0 Å². The van der Waals surface area contributed by atoms with Gasteiger partial charge in [-0.2, -0.15) is 0 Å². The highest BCUT2D eigenvalue weighted by atomic mass is 35.5. The lowest BCUT2D eigenvalue weighted by atomic mass is 10.2. The zero-order chi connectivity index (χ0) is 13.7. The molecule has 0 saturated heterocycles. The second-order valence-corrected chi connectivity index (χ2v) is 4.68. The molecular weight excluding hydrogens is 274 g/mol. The monoisotopic (exact) mass is 285 g/mol. The van der Waals surface area contributed by atoms with E-state index in [1.807, 2.05) is 13.0 Å². The normalized spacial score (nSPS) is 9.50. The number of carbonyl (C=O) groups is 1. The first-order valence-electron chi connectivity index (χ1n) is 4.95. The molecule has 2 rings (SSSR count). The summed E-state index contributed by atoms with van der Waals surface area (Å²) in [6.07, 6.45) is 0. The first-order valence-corrected chi connectivity index (χ1v) is 6.11. The van der Waals surface area contributed by atoms with Crippen molar-refractivity contribution in [2.45, 2.75) is 13.8 Å². The van der Waals surface area contributed by atoms with Gasteiger partial charge in [-0.05, 0) is 49.1 Å². The van der Waals surface area contributed by atoms with Crippen LogP contribution in [0.2, 0.25) is 5.02 Å². The predicted molar refractivity (Wildman–Crippen MR) is 72.2 cm³/mol. The van der Waals surface area contributed by atoms with Crippen molar-refractivity contribution < 1.29 is 9.90 Å². The Morgan fingerprint density at radius 3 is 2.44 bits per heavy atom. The summed E-state index contributed by atoms with van der Waals surface area (Å²) in [5.74, 6) is -0.956. The van der Waals surface area contributed by atoms with Crippen LogP contribution in [0.1, 0.15) is 20.9 Å². The molecule has 7 heteroatoms. The molecule has 0 spiro atoms. The first-order chi connectivity index (χ1) is 8.41. The summed E-state index contributed by atoms with van der Waals surface area (Å²) < 4.78 is 3.45. The molecule has 0 amide bonds. The van der Waals surface area contributed by atoms with Gasteiger partial charge in [-0.1, -0.05) is 16.1 Å². The fourth-order valence-corrected chi connectivity index (χ4v) is 1.79. The third kappa shape index (κ3) is 3.97. The highest BCUT2D eigenvalue weighted by Crippen LogP contribution is 2.15. The molecule has 0 aliphatic carbocycles. The second kappa shape index (κ2) is 6.32. The standard InChI is InChI=1S/C7H8ClN.C4H4N2O2S/c1-5-4-6(8)2-3-7(5)9;1-2-3(4(7)8)9-6-5-2/h2-4H,9H2,1H3;1H3,(H,7,8). The molecule has 0 unspecified atom stereocenters. The van der Waals surface area contributed by atoms with E-state index in [9.17, 15) is 4.79 Å². The number of benzene rings is 1. The van der Waals surface area contributed by atoms with Gasteiger partial charge in [-0.15, -0.1) is 5.10 Å². The molecule has 96 valence electrons. The van der Waals surface area contributed by atoms with E-state index < -0.39 is 5.97 Å². The van der Waals surface area contributed by atoms with Crippen LogP contribution in [0.3, 0.4) is 0 Å². The molecular formula is C11H12ClN3O2S. The highest BCUT2D eigenvalue weighted by molar-refractivity contribution is 7.07. The maximum Gasteiger partial charge on any atom is 0.349 e. The number of nitrogens with two attached hydrogens (primary N) is 1. The number of hydrogen-bond donors (Lipinski definition) is 2. The van der Waals surface area contributed by atoms with Gasteiger partial charge in [0.15, 0.2) is 4.88 Å². The Morgan fingerprint density at radius 1 is 1.44 bits per heavy atom. The van der Waals surface area contributed by atoms with E-state index in [0.717, 1.165) is 27.8 Å². The molecule has 0 aliphatic heterocycles. The average Bonchev–Trinajstić information content (AvgIpc) is 2.71. The van der Waals surface area contributed by atoms with Gasteiger partial charge in [0.05, 0.1) is 5.69 Å². The fraction of sp³-hybridized carbons (Fsp3) is 0.182. The number of anilines is 1. The molecule has 0 aliphatic rings.